The molecule has 0 amide bonds. The van der Waals surface area contributed by atoms with Gasteiger partial charge in [0.25, 0.3) is 0 Å². The lowest BCUT2D eigenvalue weighted by Crippen LogP contribution is -2.02. The highest BCUT2D eigenvalue weighted by molar-refractivity contribution is 7.79. The average molecular weight is 261 g/mol. The van der Waals surface area contributed by atoms with Crippen molar-refractivity contribution in [3.8, 4) is 0 Å². The van der Waals surface area contributed by atoms with Crippen molar-refractivity contribution in [3.05, 3.63) is 29.3 Å². The summed E-state index contributed by atoms with van der Waals surface area (Å²) in [6.07, 6.45) is 1.10. The number of hydrogen-bond donors (Lipinski definition) is 1. The average Bonchev–Trinajstić information content (AvgIpc) is 2.57. The molecule has 0 spiro atoms. The quantitative estimate of drug-likeness (QED) is 0.618. The van der Waals surface area contributed by atoms with Crippen molar-refractivity contribution in [2.45, 2.75) is 13.3 Å². The third-order valence-electron chi connectivity index (χ3n) is 1.72. The Morgan fingerprint density at radius 3 is 2.50 bits per heavy atom. The molecule has 2 N–H and O–H groups in total. The molecule has 0 unspecified atom stereocenters. The molecular formula is C9H11NO4S2. The van der Waals surface area contributed by atoms with Gasteiger partial charge in [0.1, 0.15) is 4.70 Å². The van der Waals surface area contributed by atoms with Crippen LogP contribution in [0.3, 0.4) is 0 Å². The molecule has 1 aromatic heterocycles. The smallest absolute Gasteiger partial charge is 0.236 e. The fourth-order valence-corrected chi connectivity index (χ4v) is 2.07. The van der Waals surface area contributed by atoms with Gasteiger partial charge >= 0.3 is 0 Å². The van der Waals surface area contributed by atoms with Crippen LogP contribution < -0.4 is 4.98 Å². The first-order valence-corrected chi connectivity index (χ1v) is 6.66. The molecule has 1 aromatic carbocycles. The maximum absolute atomic E-state index is 8.63. The van der Waals surface area contributed by atoms with E-state index in [2.05, 4.69) is 36.2 Å². The van der Waals surface area contributed by atoms with E-state index in [0.717, 1.165) is 6.42 Å². The molecule has 1 heterocycles. The number of aryl methyl sites for hydroxylation is 1. The van der Waals surface area contributed by atoms with Gasteiger partial charge in [0, 0.05) is 12.5 Å². The van der Waals surface area contributed by atoms with E-state index >= 15 is 0 Å². The van der Waals surface area contributed by atoms with Crippen LogP contribution in [0.1, 0.15) is 11.9 Å². The summed E-state index contributed by atoms with van der Waals surface area (Å²) in [4.78, 5) is 3.36. The molecule has 0 radical (unpaired) electrons. The SMILES string of the molecule is CCc1[nH+]c2ccccc2s1.O=S(=O)([O-])O. The molecule has 88 valence electrons. The first kappa shape index (κ1) is 13.0. The predicted octanol–water partition coefficient (Wildman–Crippen LogP) is 1.28. The van der Waals surface area contributed by atoms with Crippen LogP contribution in [0.15, 0.2) is 24.3 Å². The predicted molar refractivity (Wildman–Crippen MR) is 60.1 cm³/mol. The van der Waals surface area contributed by atoms with E-state index in [1.165, 1.54) is 15.2 Å². The van der Waals surface area contributed by atoms with Gasteiger partial charge in [-0.25, -0.2) is 8.42 Å². The van der Waals surface area contributed by atoms with Crippen LogP contribution in [-0.4, -0.2) is 17.5 Å². The zero-order valence-corrected chi connectivity index (χ0v) is 10.1. The van der Waals surface area contributed by atoms with Crippen molar-refractivity contribution in [1.29, 1.82) is 0 Å². The molecule has 2 rings (SSSR count). The van der Waals surface area contributed by atoms with Gasteiger partial charge in [-0.2, -0.15) is 4.98 Å². The molecule has 0 aliphatic carbocycles. The molecule has 5 nitrogen and oxygen atoms in total. The van der Waals surface area contributed by atoms with E-state index in [4.69, 9.17) is 17.5 Å². The van der Waals surface area contributed by atoms with Crippen molar-refractivity contribution < 1.29 is 22.5 Å². The molecule has 0 bridgehead atoms. The van der Waals surface area contributed by atoms with Gasteiger partial charge in [0.05, 0.1) is 0 Å². The van der Waals surface area contributed by atoms with Crippen LogP contribution in [0.5, 0.6) is 0 Å². The first-order chi connectivity index (χ1) is 7.40. The molecule has 0 aliphatic heterocycles. The Hall–Kier alpha value is -1.02. The Morgan fingerprint density at radius 2 is 2.00 bits per heavy atom. The summed E-state index contributed by atoms with van der Waals surface area (Å²) >= 11 is 1.84. The minimum Gasteiger partial charge on any atom is -0.726 e. The largest absolute Gasteiger partial charge is 0.726 e. The van der Waals surface area contributed by atoms with Gasteiger partial charge in [0.2, 0.25) is 20.9 Å². The summed E-state index contributed by atoms with van der Waals surface area (Å²) in [5, 5.41) is 1.35. The monoisotopic (exact) mass is 261 g/mol. The van der Waals surface area contributed by atoms with E-state index < -0.39 is 10.4 Å². The lowest BCUT2D eigenvalue weighted by atomic mass is 10.3. The summed E-state index contributed by atoms with van der Waals surface area (Å²) in [5.74, 6) is 0. The highest BCUT2D eigenvalue weighted by Crippen LogP contribution is 2.17. The van der Waals surface area contributed by atoms with Gasteiger partial charge in [-0.3, -0.25) is 4.55 Å². The third-order valence-corrected chi connectivity index (χ3v) is 2.93. The number of benzene rings is 1. The van der Waals surface area contributed by atoms with Gasteiger partial charge in [-0.15, -0.1) is 0 Å². The summed E-state index contributed by atoms with van der Waals surface area (Å²) in [6, 6.07) is 8.40. The van der Waals surface area contributed by atoms with Gasteiger partial charge in [-0.1, -0.05) is 30.4 Å². The third kappa shape index (κ3) is 4.67. The fourth-order valence-electron chi connectivity index (χ4n) is 1.13. The first-order valence-electron chi connectivity index (χ1n) is 4.48. The second-order valence-corrected chi connectivity index (χ2v) is 4.92. The summed E-state index contributed by atoms with van der Waals surface area (Å²) in [5.41, 5.74) is 1.26. The summed E-state index contributed by atoms with van der Waals surface area (Å²) < 4.78 is 34.2. The van der Waals surface area contributed by atoms with Crippen molar-refractivity contribution in [2.75, 3.05) is 0 Å². The van der Waals surface area contributed by atoms with Gasteiger partial charge in [-0.05, 0) is 6.07 Å². The standard InChI is InChI=1S/C9H9NS.H2O4S/c1-2-9-10-7-5-3-4-6-8(7)11-9;1-5(2,3)4/h3-6H,2H2,1H3;(H2,1,2,3,4). The van der Waals surface area contributed by atoms with Crippen LogP contribution >= 0.6 is 11.3 Å². The zero-order valence-electron chi connectivity index (χ0n) is 8.50. The van der Waals surface area contributed by atoms with Gasteiger partial charge < -0.3 is 4.55 Å². The van der Waals surface area contributed by atoms with Crippen molar-refractivity contribution in [2.24, 2.45) is 0 Å². The molecule has 0 aliphatic rings. The Morgan fingerprint density at radius 1 is 1.44 bits per heavy atom. The Balaban J connectivity index is 0.000000221. The normalized spacial score (nSPS) is 10.9. The van der Waals surface area contributed by atoms with Crippen molar-refractivity contribution in [1.82, 2.24) is 0 Å². The second-order valence-electron chi connectivity index (χ2n) is 2.93. The Labute approximate surface area is 97.3 Å². The fraction of sp³-hybridized carbons (Fsp3) is 0.222. The van der Waals surface area contributed by atoms with Gasteiger partial charge in [0.15, 0.2) is 0 Å². The molecule has 0 atom stereocenters. The van der Waals surface area contributed by atoms with Crippen LogP contribution in [0.4, 0.5) is 0 Å². The van der Waals surface area contributed by atoms with E-state index in [0.29, 0.717) is 0 Å². The summed E-state index contributed by atoms with van der Waals surface area (Å²) in [7, 11) is -4.92. The lowest BCUT2D eigenvalue weighted by molar-refractivity contribution is -0.350. The number of para-hydroxylation sites is 1. The Bertz CT molecular complexity index is 521. The number of hydrogen-bond acceptors (Lipinski definition) is 4. The molecule has 0 saturated heterocycles. The minimum absolute atomic E-state index is 1.10. The maximum atomic E-state index is 8.63. The number of aromatic amines is 1. The van der Waals surface area contributed by atoms with E-state index in [1.54, 1.807) is 0 Å². The molecule has 2 aromatic rings. The topological polar surface area (TPSA) is 91.6 Å². The highest BCUT2D eigenvalue weighted by Gasteiger charge is 2.06. The second kappa shape index (κ2) is 5.35. The zero-order chi connectivity index (χ0) is 12.2. The number of rotatable bonds is 1. The van der Waals surface area contributed by atoms with Crippen LogP contribution in [0.2, 0.25) is 0 Å². The molecule has 16 heavy (non-hydrogen) atoms. The highest BCUT2D eigenvalue weighted by atomic mass is 32.3. The van der Waals surface area contributed by atoms with E-state index in [-0.39, 0.29) is 0 Å². The summed E-state index contributed by atoms with van der Waals surface area (Å²) in [6.45, 7) is 2.17. The van der Waals surface area contributed by atoms with Crippen LogP contribution in [-0.2, 0) is 16.8 Å². The van der Waals surface area contributed by atoms with Crippen molar-refractivity contribution in [3.63, 3.8) is 0 Å². The number of nitrogens with one attached hydrogen (secondary N) is 1. The van der Waals surface area contributed by atoms with Crippen molar-refractivity contribution >= 4 is 32.0 Å². The number of H-pyrrole nitrogens is 1. The van der Waals surface area contributed by atoms with E-state index in [9.17, 15) is 0 Å². The van der Waals surface area contributed by atoms with Crippen LogP contribution in [0.25, 0.3) is 10.2 Å². The number of fused-ring (bicyclic) bond motifs is 1. The number of aromatic nitrogens is 1. The maximum Gasteiger partial charge on any atom is 0.236 e. The molecule has 7 heteroatoms. The van der Waals surface area contributed by atoms with Crippen LogP contribution in [0, 0.1) is 0 Å². The van der Waals surface area contributed by atoms with E-state index in [1.807, 2.05) is 11.3 Å². The molecular weight excluding hydrogens is 250 g/mol. The Kier molecular flexibility index (Phi) is 4.36. The molecule has 0 saturated carbocycles. The lowest BCUT2D eigenvalue weighted by Gasteiger charge is -1.88. The molecule has 0 fully saturated rings. The number of thiazole rings is 1. The minimum atomic E-state index is -4.92.